The molecule has 1 heteroatoms. The van der Waals surface area contributed by atoms with E-state index in [1.807, 2.05) is 27.7 Å². The molecule has 3 radical (unpaired) electrons. The quantitative estimate of drug-likeness (QED) is 0.324. The van der Waals surface area contributed by atoms with Crippen LogP contribution in [0.4, 0.5) is 0 Å². The summed E-state index contributed by atoms with van der Waals surface area (Å²) in [5.41, 5.74) is 0. The van der Waals surface area contributed by atoms with Crippen LogP contribution in [0, 0.1) is 6.92 Å². The van der Waals surface area contributed by atoms with E-state index in [-0.39, 0.29) is 8.41 Å². The average Bonchev–Trinajstić information content (AvgIpc) is 1.81. The molecule has 0 spiro atoms. The Morgan fingerprint density at radius 3 is 0.714 bits per heavy atom. The van der Waals surface area contributed by atoms with Crippen LogP contribution in [-0.2, 0) is 0 Å². The highest BCUT2D eigenvalue weighted by Gasteiger charge is 1.07. The van der Waals surface area contributed by atoms with Gasteiger partial charge in [-0.15, -0.1) is 0 Å². The topological polar surface area (TPSA) is 0 Å². The number of hydrogen-bond donors (Lipinski definition) is 0. The van der Waals surface area contributed by atoms with Gasteiger partial charge in [-0.3, -0.25) is 0 Å². The molecule has 0 saturated carbocycles. The molecule has 43 valence electrons. The third-order valence-corrected chi connectivity index (χ3v) is 0. The van der Waals surface area contributed by atoms with Gasteiger partial charge >= 0.3 is 0 Å². The first kappa shape index (κ1) is 28.4. The van der Waals surface area contributed by atoms with E-state index < -0.39 is 0 Å². The van der Waals surface area contributed by atoms with Gasteiger partial charge in [-0.1, -0.05) is 27.7 Å². The first-order valence-corrected chi connectivity index (χ1v) is 2.71. The second kappa shape index (κ2) is 34100. The Hall–Kier alpha value is -0.0651. The Balaban J connectivity index is -0.00000000900. The maximum atomic E-state index is 3.25. The Bertz CT molecular complexity index is 4.14. The highest BCUT2D eigenvalue weighted by atomic mass is 13.0. The lowest BCUT2D eigenvalue weighted by Crippen LogP contribution is -0.888. The minimum atomic E-state index is 0. The van der Waals surface area contributed by atoms with Crippen LogP contribution in [0.25, 0.3) is 0 Å². The van der Waals surface area contributed by atoms with E-state index in [0.717, 1.165) is 0 Å². The van der Waals surface area contributed by atoms with E-state index >= 15 is 0 Å². The molecule has 0 aliphatic heterocycles. The summed E-state index contributed by atoms with van der Waals surface area (Å²) in [6.45, 7) is 13.0. The van der Waals surface area contributed by atoms with Gasteiger partial charge in [-0.25, -0.2) is 0 Å². The molecule has 0 fully saturated rings. The normalized spacial score (nSPS) is 2.43. The largest absolute Gasteiger partial charge is 0.0746 e. The van der Waals surface area contributed by atoms with Crippen molar-refractivity contribution in [2.45, 2.75) is 34.6 Å². The zero-order valence-electron chi connectivity index (χ0n) is 6.28. The molecule has 0 atom stereocenters. The highest BCUT2D eigenvalue weighted by molar-refractivity contribution is 5.75. The molecule has 0 nitrogen and oxygen atoms in total. The number of hydrogen-bond acceptors (Lipinski definition) is 0. The van der Waals surface area contributed by atoms with E-state index in [1.54, 1.807) is 6.92 Å². The number of rotatable bonds is 0. The van der Waals surface area contributed by atoms with Crippen molar-refractivity contribution in [1.82, 2.24) is 0 Å². The average molecular weight is 100 g/mol. The monoisotopic (exact) mass is 100 g/mol. The summed E-state index contributed by atoms with van der Waals surface area (Å²) >= 11 is 0. The van der Waals surface area contributed by atoms with Crippen LogP contribution in [0.15, 0.2) is 0 Å². The SMILES string of the molecule is CC.CC.[B].[CH2+]C. The van der Waals surface area contributed by atoms with Crippen molar-refractivity contribution >= 4 is 8.41 Å². The molecule has 0 rings (SSSR count). The molecule has 0 amide bonds. The van der Waals surface area contributed by atoms with Crippen LogP contribution in [-0.4, -0.2) is 8.41 Å². The van der Waals surface area contributed by atoms with Crippen molar-refractivity contribution in [3.8, 4) is 0 Å². The molecule has 0 aliphatic carbocycles. The van der Waals surface area contributed by atoms with Crippen LogP contribution in [0.5, 0.6) is 0 Å². The summed E-state index contributed by atoms with van der Waals surface area (Å²) in [6.07, 6.45) is 0. The van der Waals surface area contributed by atoms with Gasteiger partial charge in [0.15, 0.2) is 0 Å². The third kappa shape index (κ3) is 21700. The molecule has 0 heterocycles. The van der Waals surface area contributed by atoms with Crippen molar-refractivity contribution < 1.29 is 0 Å². The van der Waals surface area contributed by atoms with E-state index in [2.05, 4.69) is 6.92 Å². The molecule has 0 aromatic carbocycles. The van der Waals surface area contributed by atoms with Crippen molar-refractivity contribution in [2.75, 3.05) is 0 Å². The lowest BCUT2D eigenvalue weighted by atomic mass is 10.8. The minimum Gasteiger partial charge on any atom is -0.0683 e. The Kier molecular flexibility index (Phi) is 138000. The molecule has 0 aliphatic rings. The molecular weight excluding hydrogens is 82.9 g/mol. The fraction of sp³-hybridized carbons (Fsp3) is 0.833. The van der Waals surface area contributed by atoms with E-state index in [9.17, 15) is 0 Å². The molecular formula is C6H17B+. The second-order valence-corrected chi connectivity index (χ2v) is 0. The molecule has 0 N–H and O–H groups in total. The summed E-state index contributed by atoms with van der Waals surface area (Å²) in [6, 6.07) is 0. The second-order valence-electron chi connectivity index (χ2n) is 0. The maximum Gasteiger partial charge on any atom is 0.0746 e. The van der Waals surface area contributed by atoms with E-state index in [1.165, 1.54) is 0 Å². The van der Waals surface area contributed by atoms with Gasteiger partial charge in [-0.2, -0.15) is 0 Å². The molecule has 0 saturated heterocycles. The third-order valence-electron chi connectivity index (χ3n) is 0. The van der Waals surface area contributed by atoms with Gasteiger partial charge in [0.1, 0.15) is 0 Å². The summed E-state index contributed by atoms with van der Waals surface area (Å²) < 4.78 is 0. The standard InChI is InChI=1S/2C2H6.C2H5.B/c3*1-2;/h2*1-2H3;1H2,2H3;/q;;+1;. The fourth-order valence-corrected chi connectivity index (χ4v) is 0. The Morgan fingerprint density at radius 1 is 0.714 bits per heavy atom. The molecule has 0 unspecified atom stereocenters. The zero-order chi connectivity index (χ0) is 6.00. The first-order chi connectivity index (χ1) is 3.00. The first-order valence-electron chi connectivity index (χ1n) is 2.71. The van der Waals surface area contributed by atoms with Crippen molar-refractivity contribution in [2.24, 2.45) is 0 Å². The van der Waals surface area contributed by atoms with Gasteiger partial charge in [-0.05, 0) is 0 Å². The Labute approximate surface area is 50.9 Å². The van der Waals surface area contributed by atoms with Crippen LogP contribution >= 0.6 is 0 Å². The van der Waals surface area contributed by atoms with Crippen LogP contribution in [0.3, 0.4) is 0 Å². The van der Waals surface area contributed by atoms with Gasteiger partial charge in [0.05, 0.1) is 13.8 Å². The summed E-state index contributed by atoms with van der Waals surface area (Å²) in [5.74, 6) is 0. The predicted molar refractivity (Wildman–Crippen MR) is 39.5 cm³/mol. The lowest BCUT2D eigenvalue weighted by molar-refractivity contribution is 1.50. The van der Waals surface area contributed by atoms with Crippen molar-refractivity contribution in [3.05, 3.63) is 6.92 Å². The van der Waals surface area contributed by atoms with E-state index in [4.69, 9.17) is 0 Å². The molecule has 0 aromatic heterocycles. The van der Waals surface area contributed by atoms with Crippen molar-refractivity contribution in [3.63, 3.8) is 0 Å². The van der Waals surface area contributed by atoms with E-state index in [0.29, 0.717) is 0 Å². The molecule has 7 heavy (non-hydrogen) atoms. The van der Waals surface area contributed by atoms with Gasteiger partial charge < -0.3 is 0 Å². The molecule has 0 bridgehead atoms. The van der Waals surface area contributed by atoms with Crippen LogP contribution in [0.2, 0.25) is 0 Å². The van der Waals surface area contributed by atoms with Crippen LogP contribution in [0.1, 0.15) is 34.6 Å². The van der Waals surface area contributed by atoms with Gasteiger partial charge in [0.25, 0.3) is 0 Å². The summed E-state index contributed by atoms with van der Waals surface area (Å²) in [7, 11) is 0. The Morgan fingerprint density at radius 2 is 0.714 bits per heavy atom. The predicted octanol–water partition coefficient (Wildman–Crippen LogP) is 2.51. The smallest absolute Gasteiger partial charge is 0.0683 e. The lowest BCUT2D eigenvalue weighted by Gasteiger charge is -1.07. The zero-order valence-corrected chi connectivity index (χ0v) is 6.28. The highest BCUT2D eigenvalue weighted by Crippen LogP contribution is 1.15. The summed E-state index contributed by atoms with van der Waals surface area (Å²) in [5, 5.41) is 0. The van der Waals surface area contributed by atoms with Gasteiger partial charge in [0.2, 0.25) is 0 Å². The van der Waals surface area contributed by atoms with Gasteiger partial charge in [0, 0.05) is 8.41 Å². The summed E-state index contributed by atoms with van der Waals surface area (Å²) in [4.78, 5) is 0. The minimum absolute atomic E-state index is 0. The van der Waals surface area contributed by atoms with Crippen LogP contribution < -0.4 is 0 Å². The fourth-order valence-electron chi connectivity index (χ4n) is 0. The van der Waals surface area contributed by atoms with Crippen molar-refractivity contribution in [1.29, 1.82) is 0 Å². The maximum absolute atomic E-state index is 3.25. The molecule has 0 aromatic rings.